The van der Waals surface area contributed by atoms with Crippen molar-refractivity contribution >= 4 is 39.5 Å². The van der Waals surface area contributed by atoms with E-state index in [1.165, 1.54) is 22.0 Å². The van der Waals surface area contributed by atoms with Crippen molar-refractivity contribution in [3.63, 3.8) is 0 Å². The molecule has 2 aromatic carbocycles. The SMILES string of the molecule is NC(=O)NC(=O)COC(=O)c1ccc(Cl)c(S(=O)(=O)N2CCC(Cc3ccccc3)CC2)c1. The molecule has 3 amide bonds. The first-order valence-electron chi connectivity index (χ1n) is 10.3. The average molecular weight is 494 g/mol. The summed E-state index contributed by atoms with van der Waals surface area (Å²) in [4.78, 5) is 34.1. The number of primary amides is 1. The molecular weight excluding hydrogens is 470 g/mol. The van der Waals surface area contributed by atoms with E-state index in [4.69, 9.17) is 22.1 Å². The van der Waals surface area contributed by atoms with Gasteiger partial charge in [0.15, 0.2) is 6.61 Å². The van der Waals surface area contributed by atoms with E-state index >= 15 is 0 Å². The topological polar surface area (TPSA) is 136 Å². The van der Waals surface area contributed by atoms with Crippen LogP contribution in [0.5, 0.6) is 0 Å². The molecule has 11 heteroatoms. The molecule has 1 fully saturated rings. The molecule has 0 aromatic heterocycles. The van der Waals surface area contributed by atoms with Crippen LogP contribution in [-0.4, -0.2) is 50.3 Å². The van der Waals surface area contributed by atoms with Crippen LogP contribution in [0.4, 0.5) is 4.79 Å². The molecule has 0 radical (unpaired) electrons. The van der Waals surface area contributed by atoms with Gasteiger partial charge in [-0.3, -0.25) is 10.1 Å². The molecule has 9 nitrogen and oxygen atoms in total. The Hall–Kier alpha value is -2.95. The fraction of sp³-hybridized carbons (Fsp3) is 0.318. The maximum absolute atomic E-state index is 13.2. The van der Waals surface area contributed by atoms with Gasteiger partial charge >= 0.3 is 12.0 Å². The number of benzene rings is 2. The van der Waals surface area contributed by atoms with Crippen LogP contribution in [0.2, 0.25) is 5.02 Å². The number of nitrogens with one attached hydrogen (secondary N) is 1. The number of carbonyl (C=O) groups excluding carboxylic acids is 3. The van der Waals surface area contributed by atoms with Gasteiger partial charge in [0.1, 0.15) is 4.90 Å². The summed E-state index contributed by atoms with van der Waals surface area (Å²) >= 11 is 6.15. The lowest BCUT2D eigenvalue weighted by Crippen LogP contribution is -2.39. The molecule has 1 heterocycles. The van der Waals surface area contributed by atoms with Crippen molar-refractivity contribution in [2.45, 2.75) is 24.2 Å². The van der Waals surface area contributed by atoms with Crippen molar-refractivity contribution in [1.82, 2.24) is 9.62 Å². The third-order valence-electron chi connectivity index (χ3n) is 5.32. The summed E-state index contributed by atoms with van der Waals surface area (Å²) in [6.45, 7) is -0.0579. The predicted octanol–water partition coefficient (Wildman–Crippen LogP) is 2.34. The minimum atomic E-state index is -3.94. The second-order valence-electron chi connectivity index (χ2n) is 7.67. The summed E-state index contributed by atoms with van der Waals surface area (Å²) in [5.74, 6) is -1.47. The smallest absolute Gasteiger partial charge is 0.338 e. The fourth-order valence-corrected chi connectivity index (χ4v) is 5.63. The van der Waals surface area contributed by atoms with Crippen LogP contribution in [0.15, 0.2) is 53.4 Å². The number of rotatable bonds is 7. The highest BCUT2D eigenvalue weighted by Crippen LogP contribution is 2.30. The molecule has 0 atom stereocenters. The molecule has 1 saturated heterocycles. The minimum absolute atomic E-state index is 0.0237. The number of imide groups is 1. The number of hydrogen-bond acceptors (Lipinski definition) is 6. The quantitative estimate of drug-likeness (QED) is 0.568. The zero-order valence-electron chi connectivity index (χ0n) is 17.7. The van der Waals surface area contributed by atoms with Gasteiger partial charge in [0.25, 0.3) is 5.91 Å². The van der Waals surface area contributed by atoms with Gasteiger partial charge in [-0.25, -0.2) is 18.0 Å². The molecule has 0 aliphatic carbocycles. The van der Waals surface area contributed by atoms with Crippen molar-refractivity contribution in [2.75, 3.05) is 19.7 Å². The Balaban J connectivity index is 1.66. The first-order chi connectivity index (χ1) is 15.7. The molecule has 1 aliphatic rings. The zero-order valence-corrected chi connectivity index (χ0v) is 19.3. The largest absolute Gasteiger partial charge is 0.452 e. The van der Waals surface area contributed by atoms with Gasteiger partial charge in [0.2, 0.25) is 10.0 Å². The van der Waals surface area contributed by atoms with Crippen molar-refractivity contribution < 1.29 is 27.5 Å². The summed E-state index contributed by atoms with van der Waals surface area (Å²) < 4.78 is 32.6. The van der Waals surface area contributed by atoms with E-state index in [0.717, 1.165) is 12.5 Å². The number of ether oxygens (including phenoxy) is 1. The summed E-state index contributed by atoms with van der Waals surface area (Å²) in [6, 6.07) is 12.7. The molecule has 0 saturated carbocycles. The van der Waals surface area contributed by atoms with Crippen LogP contribution in [0.1, 0.15) is 28.8 Å². The molecule has 3 rings (SSSR count). The Labute approximate surface area is 196 Å². The molecule has 1 aliphatic heterocycles. The molecule has 33 heavy (non-hydrogen) atoms. The van der Waals surface area contributed by atoms with Gasteiger partial charge in [-0.1, -0.05) is 41.9 Å². The van der Waals surface area contributed by atoms with Crippen molar-refractivity contribution in [3.05, 3.63) is 64.7 Å². The van der Waals surface area contributed by atoms with Gasteiger partial charge in [0.05, 0.1) is 10.6 Å². The summed E-state index contributed by atoms with van der Waals surface area (Å²) in [5.41, 5.74) is 5.94. The van der Waals surface area contributed by atoms with Crippen molar-refractivity contribution in [1.29, 1.82) is 0 Å². The fourth-order valence-electron chi connectivity index (χ4n) is 3.66. The first kappa shape index (κ1) is 24.7. The maximum Gasteiger partial charge on any atom is 0.338 e. The molecular formula is C22H24ClN3O6S. The van der Waals surface area contributed by atoms with Crippen LogP contribution >= 0.6 is 11.6 Å². The second-order valence-corrected chi connectivity index (χ2v) is 9.98. The third kappa shape index (κ3) is 6.53. The normalized spacial score (nSPS) is 15.1. The Morgan fingerprint density at radius 1 is 1.09 bits per heavy atom. The number of halogens is 1. The number of carbonyl (C=O) groups is 3. The lowest BCUT2D eigenvalue weighted by Gasteiger charge is -2.31. The number of sulfonamides is 1. The number of nitrogens with zero attached hydrogens (tertiary/aromatic N) is 1. The van der Waals surface area contributed by atoms with Gasteiger partial charge < -0.3 is 10.5 Å². The Bertz CT molecular complexity index is 1130. The molecule has 2 aromatic rings. The number of nitrogens with two attached hydrogens (primary N) is 1. The van der Waals surface area contributed by atoms with Crippen molar-refractivity contribution in [2.24, 2.45) is 11.7 Å². The summed E-state index contributed by atoms with van der Waals surface area (Å²) in [7, 11) is -3.94. The van der Waals surface area contributed by atoms with E-state index < -0.39 is 34.5 Å². The highest BCUT2D eigenvalue weighted by molar-refractivity contribution is 7.89. The van der Waals surface area contributed by atoms with Crippen molar-refractivity contribution in [3.8, 4) is 0 Å². The number of urea groups is 1. The standard InChI is InChI=1S/C22H24ClN3O6S/c23-18-7-6-17(21(28)32-14-20(27)25-22(24)29)13-19(18)33(30,31)26-10-8-16(9-11-26)12-15-4-2-1-3-5-15/h1-7,13,16H,8-12,14H2,(H3,24,25,27,29). The van der Waals surface area contributed by atoms with Gasteiger partial charge in [-0.05, 0) is 48.9 Å². The van der Waals surface area contributed by atoms with Gasteiger partial charge in [-0.2, -0.15) is 4.31 Å². The van der Waals surface area contributed by atoms with E-state index in [9.17, 15) is 22.8 Å². The predicted molar refractivity (Wildman–Crippen MR) is 121 cm³/mol. The van der Waals surface area contributed by atoms with E-state index in [-0.39, 0.29) is 15.5 Å². The van der Waals surface area contributed by atoms with Crippen LogP contribution in [0, 0.1) is 5.92 Å². The lowest BCUT2D eigenvalue weighted by atomic mass is 9.91. The highest BCUT2D eigenvalue weighted by atomic mass is 35.5. The van der Waals surface area contributed by atoms with Crippen LogP contribution in [0.25, 0.3) is 0 Å². The number of piperidine rings is 1. The maximum atomic E-state index is 13.2. The van der Waals surface area contributed by atoms with Gasteiger partial charge in [-0.15, -0.1) is 0 Å². The molecule has 3 N–H and O–H groups in total. The molecule has 0 bridgehead atoms. The number of esters is 1. The third-order valence-corrected chi connectivity index (χ3v) is 7.70. The first-order valence-corrected chi connectivity index (χ1v) is 12.1. The molecule has 176 valence electrons. The van der Waals surface area contributed by atoms with E-state index in [2.05, 4.69) is 12.1 Å². The monoisotopic (exact) mass is 493 g/mol. The van der Waals surface area contributed by atoms with Gasteiger partial charge in [0, 0.05) is 13.1 Å². The highest BCUT2D eigenvalue weighted by Gasteiger charge is 2.31. The molecule has 0 unspecified atom stereocenters. The Morgan fingerprint density at radius 3 is 2.39 bits per heavy atom. The lowest BCUT2D eigenvalue weighted by molar-refractivity contribution is -0.123. The van der Waals surface area contributed by atoms with E-state index in [1.54, 1.807) is 5.32 Å². The number of hydrogen-bond donors (Lipinski definition) is 2. The summed E-state index contributed by atoms with van der Waals surface area (Å²) in [6.07, 6.45) is 2.31. The van der Waals surface area contributed by atoms with Crippen LogP contribution in [0.3, 0.4) is 0 Å². The summed E-state index contributed by atoms with van der Waals surface area (Å²) in [5, 5.41) is 1.73. The number of amides is 3. The molecule has 0 spiro atoms. The minimum Gasteiger partial charge on any atom is -0.452 e. The van der Waals surface area contributed by atoms with E-state index in [1.807, 2.05) is 18.2 Å². The Morgan fingerprint density at radius 2 is 1.76 bits per heavy atom. The van der Waals surface area contributed by atoms with E-state index in [0.29, 0.717) is 31.8 Å². The van der Waals surface area contributed by atoms with Crippen LogP contribution in [-0.2, 0) is 26.0 Å². The Kier molecular flexibility index (Phi) is 8.06. The second kappa shape index (κ2) is 10.8. The van der Waals surface area contributed by atoms with Crippen LogP contribution < -0.4 is 11.1 Å². The zero-order chi connectivity index (χ0) is 24.0. The average Bonchev–Trinajstić information content (AvgIpc) is 2.78.